The molecule has 90 valence electrons. The van der Waals surface area contributed by atoms with Crippen LogP contribution in [0.3, 0.4) is 0 Å². The summed E-state index contributed by atoms with van der Waals surface area (Å²) < 4.78 is 0. The number of unbranched alkanes of at least 4 members (excludes halogenated alkanes) is 6. The lowest BCUT2D eigenvalue weighted by atomic mass is 10.1. The zero-order valence-electron chi connectivity index (χ0n) is 10.4. The van der Waals surface area contributed by atoms with Gasteiger partial charge in [0.2, 0.25) is 0 Å². The van der Waals surface area contributed by atoms with Gasteiger partial charge in [-0.25, -0.2) is 0 Å². The minimum atomic E-state index is 0.562. The van der Waals surface area contributed by atoms with Crippen molar-refractivity contribution in [3.05, 3.63) is 5.21 Å². The van der Waals surface area contributed by atoms with Gasteiger partial charge in [0.1, 0.15) is 6.54 Å². The fourth-order valence-corrected chi connectivity index (χ4v) is 1.44. The lowest BCUT2D eigenvalue weighted by Gasteiger charge is -2.00. The first-order valence-electron chi connectivity index (χ1n) is 6.43. The summed E-state index contributed by atoms with van der Waals surface area (Å²) in [7, 11) is 0. The smallest absolute Gasteiger partial charge is 0.180 e. The van der Waals surface area contributed by atoms with E-state index in [1.807, 2.05) is 0 Å². The summed E-state index contributed by atoms with van der Waals surface area (Å²) in [6, 6.07) is 0. The van der Waals surface area contributed by atoms with Gasteiger partial charge in [-0.1, -0.05) is 57.2 Å². The lowest BCUT2D eigenvalue weighted by molar-refractivity contribution is -0.531. The van der Waals surface area contributed by atoms with Crippen molar-refractivity contribution in [3.8, 4) is 0 Å². The number of hydrogen-bond acceptors (Lipinski definition) is 2. The Labute approximate surface area is 94.2 Å². The number of rotatable bonds is 10. The molecule has 0 aliphatic rings. The van der Waals surface area contributed by atoms with Crippen molar-refractivity contribution in [2.75, 3.05) is 13.1 Å². The quantitative estimate of drug-likeness (QED) is 0.233. The highest BCUT2D eigenvalue weighted by atomic mass is 16.5. The summed E-state index contributed by atoms with van der Waals surface area (Å²) >= 11 is 0. The Bertz CT molecular complexity index is 158. The first-order chi connectivity index (χ1) is 7.31. The SMILES string of the molecule is CCCCCCCCN=[N+]([O-])CCCC. The van der Waals surface area contributed by atoms with E-state index in [0.29, 0.717) is 13.1 Å². The summed E-state index contributed by atoms with van der Waals surface area (Å²) in [5.41, 5.74) is 0. The number of hydrogen-bond donors (Lipinski definition) is 0. The minimum absolute atomic E-state index is 0.562. The Morgan fingerprint density at radius 2 is 1.47 bits per heavy atom. The van der Waals surface area contributed by atoms with Crippen LogP contribution in [-0.4, -0.2) is 18.0 Å². The van der Waals surface area contributed by atoms with Gasteiger partial charge in [-0.15, -0.1) is 0 Å². The maximum atomic E-state index is 11.1. The Morgan fingerprint density at radius 1 is 0.867 bits per heavy atom. The predicted octanol–water partition coefficient (Wildman–Crippen LogP) is 4.11. The van der Waals surface area contributed by atoms with Crippen molar-refractivity contribution < 1.29 is 4.86 Å². The van der Waals surface area contributed by atoms with Crippen molar-refractivity contribution in [1.29, 1.82) is 0 Å². The molecule has 3 heteroatoms. The number of hydroxylamine groups is 1. The molecule has 0 bridgehead atoms. The average molecular weight is 214 g/mol. The van der Waals surface area contributed by atoms with E-state index >= 15 is 0 Å². The van der Waals surface area contributed by atoms with Gasteiger partial charge in [-0.3, -0.25) is 0 Å². The first kappa shape index (κ1) is 14.4. The highest BCUT2D eigenvalue weighted by Gasteiger charge is 1.94. The van der Waals surface area contributed by atoms with Crippen LogP contribution in [-0.2, 0) is 0 Å². The molecule has 0 aliphatic heterocycles. The summed E-state index contributed by atoms with van der Waals surface area (Å²) in [6.45, 7) is 5.58. The number of azo groups is 1. The zero-order chi connectivity index (χ0) is 11.4. The summed E-state index contributed by atoms with van der Waals surface area (Å²) in [6.07, 6.45) is 9.52. The van der Waals surface area contributed by atoms with Crippen molar-refractivity contribution in [2.24, 2.45) is 5.11 Å². The fraction of sp³-hybridized carbons (Fsp3) is 1.00. The highest BCUT2D eigenvalue weighted by Crippen LogP contribution is 2.04. The molecule has 0 rings (SSSR count). The summed E-state index contributed by atoms with van der Waals surface area (Å²) in [5, 5.41) is 15.0. The maximum Gasteiger partial charge on any atom is 0.180 e. The van der Waals surface area contributed by atoms with Crippen molar-refractivity contribution in [3.63, 3.8) is 0 Å². The second-order valence-corrected chi connectivity index (χ2v) is 4.06. The van der Waals surface area contributed by atoms with E-state index in [4.69, 9.17) is 0 Å². The highest BCUT2D eigenvalue weighted by molar-refractivity contribution is 4.44. The molecule has 0 saturated heterocycles. The maximum absolute atomic E-state index is 11.1. The van der Waals surface area contributed by atoms with Crippen LogP contribution in [0.25, 0.3) is 0 Å². The molecule has 0 aromatic heterocycles. The molecule has 0 aliphatic carbocycles. The second kappa shape index (κ2) is 11.5. The van der Waals surface area contributed by atoms with E-state index in [2.05, 4.69) is 19.0 Å². The molecule has 0 aromatic carbocycles. The second-order valence-electron chi connectivity index (χ2n) is 4.06. The van der Waals surface area contributed by atoms with Gasteiger partial charge >= 0.3 is 0 Å². The van der Waals surface area contributed by atoms with E-state index in [1.165, 1.54) is 32.1 Å². The molecular formula is C12H26N2O. The van der Waals surface area contributed by atoms with E-state index in [0.717, 1.165) is 24.1 Å². The monoisotopic (exact) mass is 214 g/mol. The molecule has 0 unspecified atom stereocenters. The standard InChI is InChI=1S/C12H26N2O/c1-3-5-7-8-9-10-11-13-14(15)12-6-4-2/h3-12H2,1-2H3. The van der Waals surface area contributed by atoms with Gasteiger partial charge in [0.25, 0.3) is 0 Å². The van der Waals surface area contributed by atoms with Crippen molar-refractivity contribution >= 4 is 0 Å². The van der Waals surface area contributed by atoms with E-state index in [9.17, 15) is 5.21 Å². The molecule has 0 saturated carbocycles. The van der Waals surface area contributed by atoms with Gasteiger partial charge in [0.15, 0.2) is 6.54 Å². The average Bonchev–Trinajstić information content (AvgIpc) is 2.25. The molecule has 0 N–H and O–H groups in total. The molecule has 0 radical (unpaired) electrons. The van der Waals surface area contributed by atoms with Crippen LogP contribution in [0, 0.1) is 5.21 Å². The van der Waals surface area contributed by atoms with Crippen LogP contribution in [0.15, 0.2) is 5.11 Å². The Kier molecular flexibility index (Phi) is 11.0. The van der Waals surface area contributed by atoms with Gasteiger partial charge in [-0.2, -0.15) is 0 Å². The first-order valence-corrected chi connectivity index (χ1v) is 6.43. The van der Waals surface area contributed by atoms with Crippen molar-refractivity contribution in [2.45, 2.75) is 65.2 Å². The van der Waals surface area contributed by atoms with Crippen molar-refractivity contribution in [1.82, 2.24) is 0 Å². The Morgan fingerprint density at radius 3 is 2.13 bits per heavy atom. The third-order valence-electron chi connectivity index (χ3n) is 2.47. The summed E-state index contributed by atoms with van der Waals surface area (Å²) in [5.74, 6) is 0. The molecular weight excluding hydrogens is 188 g/mol. The summed E-state index contributed by atoms with van der Waals surface area (Å²) in [4.78, 5) is 0.857. The molecule has 0 atom stereocenters. The van der Waals surface area contributed by atoms with Crippen LogP contribution in [0.4, 0.5) is 0 Å². The van der Waals surface area contributed by atoms with Gasteiger partial charge in [-0.05, 0) is 11.5 Å². The van der Waals surface area contributed by atoms with Crippen LogP contribution in [0.1, 0.15) is 65.2 Å². The predicted molar refractivity (Wildman–Crippen MR) is 64.1 cm³/mol. The van der Waals surface area contributed by atoms with E-state index < -0.39 is 0 Å². The molecule has 0 aromatic rings. The topological polar surface area (TPSA) is 38.4 Å². The molecule has 0 amide bonds. The fourth-order valence-electron chi connectivity index (χ4n) is 1.44. The number of nitrogens with zero attached hydrogens (tertiary/aromatic N) is 2. The molecule has 0 fully saturated rings. The van der Waals surface area contributed by atoms with Crippen LogP contribution in [0.2, 0.25) is 0 Å². The molecule has 0 heterocycles. The van der Waals surface area contributed by atoms with Gasteiger partial charge in [0.05, 0.1) is 0 Å². The van der Waals surface area contributed by atoms with Crippen LogP contribution < -0.4 is 0 Å². The van der Waals surface area contributed by atoms with Gasteiger partial charge < -0.3 is 5.21 Å². The zero-order valence-corrected chi connectivity index (χ0v) is 10.4. The van der Waals surface area contributed by atoms with Crippen LogP contribution >= 0.6 is 0 Å². The molecule has 15 heavy (non-hydrogen) atoms. The minimum Gasteiger partial charge on any atom is -0.600 e. The Balaban J connectivity index is 3.20. The third-order valence-corrected chi connectivity index (χ3v) is 2.47. The third kappa shape index (κ3) is 11.3. The van der Waals surface area contributed by atoms with E-state index in [-0.39, 0.29) is 0 Å². The lowest BCUT2D eigenvalue weighted by Crippen LogP contribution is -2.03. The molecule has 0 spiro atoms. The largest absolute Gasteiger partial charge is 0.600 e. The van der Waals surface area contributed by atoms with E-state index in [1.54, 1.807) is 0 Å². The molecule has 3 nitrogen and oxygen atoms in total. The Hall–Kier alpha value is -0.600. The van der Waals surface area contributed by atoms with Gasteiger partial charge in [0, 0.05) is 6.42 Å². The normalized spacial score (nSPS) is 12.0. The van der Waals surface area contributed by atoms with Crippen LogP contribution in [0.5, 0.6) is 0 Å².